The molecule has 4 rings (SSSR count). The summed E-state index contributed by atoms with van der Waals surface area (Å²) in [4.78, 5) is 14.6. The van der Waals surface area contributed by atoms with Crippen molar-refractivity contribution in [3.05, 3.63) is 24.0 Å². The van der Waals surface area contributed by atoms with Gasteiger partial charge in [-0.2, -0.15) is 10.2 Å². The zero-order valence-electron chi connectivity index (χ0n) is 12.6. The molecule has 0 bridgehead atoms. The predicted octanol–water partition coefficient (Wildman–Crippen LogP) is 1.28. The van der Waals surface area contributed by atoms with E-state index in [-0.39, 0.29) is 24.2 Å². The molecule has 1 saturated heterocycles. The van der Waals surface area contributed by atoms with Gasteiger partial charge in [0.25, 0.3) is 5.91 Å². The second-order valence-corrected chi connectivity index (χ2v) is 6.42. The van der Waals surface area contributed by atoms with Crippen LogP contribution >= 0.6 is 0 Å². The van der Waals surface area contributed by atoms with E-state index < -0.39 is 0 Å². The molecule has 6 nitrogen and oxygen atoms in total. The van der Waals surface area contributed by atoms with Crippen LogP contribution in [0.25, 0.3) is 0 Å². The Hall–Kier alpha value is -1.53. The van der Waals surface area contributed by atoms with Crippen molar-refractivity contribution in [3.8, 4) is 0 Å². The molecule has 118 valence electrons. The number of amides is 1. The van der Waals surface area contributed by atoms with Gasteiger partial charge in [0.05, 0.1) is 36.7 Å². The quantitative estimate of drug-likeness (QED) is 0.838. The number of ether oxygens (including phenoxy) is 2. The lowest BCUT2D eigenvalue weighted by molar-refractivity contribution is -0.106. The molecule has 3 atom stereocenters. The van der Waals surface area contributed by atoms with Crippen LogP contribution in [0.4, 0.5) is 0 Å². The van der Waals surface area contributed by atoms with Gasteiger partial charge in [0, 0.05) is 13.2 Å². The van der Waals surface area contributed by atoms with E-state index in [1.807, 2.05) is 4.90 Å². The van der Waals surface area contributed by atoms with Crippen LogP contribution < -0.4 is 0 Å². The van der Waals surface area contributed by atoms with Crippen LogP contribution in [0.1, 0.15) is 36.0 Å². The first-order chi connectivity index (χ1) is 10.8. The maximum atomic E-state index is 12.7. The average Bonchev–Trinajstić information content (AvgIpc) is 3.31. The Kier molecular flexibility index (Phi) is 3.80. The fourth-order valence-electron chi connectivity index (χ4n) is 3.47. The highest BCUT2D eigenvalue weighted by Gasteiger charge is 2.45. The van der Waals surface area contributed by atoms with Crippen molar-refractivity contribution in [1.82, 2.24) is 15.1 Å². The van der Waals surface area contributed by atoms with Gasteiger partial charge in [0.2, 0.25) is 0 Å². The summed E-state index contributed by atoms with van der Waals surface area (Å²) < 4.78 is 12.0. The molecule has 0 unspecified atom stereocenters. The Bertz CT molecular complexity index is 535. The molecule has 2 heterocycles. The Morgan fingerprint density at radius 3 is 3.00 bits per heavy atom. The summed E-state index contributed by atoms with van der Waals surface area (Å²) in [5.41, 5.74) is 0.595. The van der Waals surface area contributed by atoms with Gasteiger partial charge < -0.3 is 14.4 Å². The molecule has 22 heavy (non-hydrogen) atoms. The zero-order chi connectivity index (χ0) is 14.9. The SMILES string of the molecule is O=C(c1ccnnc1)N1CCO[C@H]2[C@H](OCC3CC3)CC[C@@H]21. The fraction of sp³-hybridized carbons (Fsp3) is 0.688. The van der Waals surface area contributed by atoms with Crippen molar-refractivity contribution in [1.29, 1.82) is 0 Å². The number of carbonyl (C=O) groups excluding carboxylic acids is 1. The summed E-state index contributed by atoms with van der Waals surface area (Å²) in [5, 5.41) is 7.54. The Labute approximate surface area is 129 Å². The molecule has 1 amide bonds. The number of fused-ring (bicyclic) bond motifs is 1. The minimum atomic E-state index is 0.0197. The van der Waals surface area contributed by atoms with E-state index in [9.17, 15) is 4.79 Å². The molecule has 1 aliphatic heterocycles. The minimum Gasteiger partial charge on any atom is -0.375 e. The first-order valence-corrected chi connectivity index (χ1v) is 8.14. The third-order valence-corrected chi connectivity index (χ3v) is 4.87. The summed E-state index contributed by atoms with van der Waals surface area (Å²) in [5.74, 6) is 0.777. The monoisotopic (exact) mass is 303 g/mol. The van der Waals surface area contributed by atoms with E-state index in [1.54, 1.807) is 12.3 Å². The number of hydrogen-bond donors (Lipinski definition) is 0. The van der Waals surface area contributed by atoms with Crippen LogP contribution in [0.15, 0.2) is 18.5 Å². The molecule has 6 heteroatoms. The highest BCUT2D eigenvalue weighted by Crippen LogP contribution is 2.35. The molecule has 3 aliphatic rings. The number of aromatic nitrogens is 2. The molecule has 0 N–H and O–H groups in total. The van der Waals surface area contributed by atoms with Gasteiger partial charge in [0.1, 0.15) is 6.10 Å². The van der Waals surface area contributed by atoms with Crippen LogP contribution in [0, 0.1) is 5.92 Å². The number of morpholine rings is 1. The van der Waals surface area contributed by atoms with Gasteiger partial charge in [-0.3, -0.25) is 4.79 Å². The van der Waals surface area contributed by atoms with Crippen molar-refractivity contribution in [2.45, 2.75) is 43.9 Å². The molecule has 0 radical (unpaired) electrons. The van der Waals surface area contributed by atoms with Crippen LogP contribution in [0.5, 0.6) is 0 Å². The molecule has 1 aromatic heterocycles. The Morgan fingerprint density at radius 2 is 2.23 bits per heavy atom. The fourth-order valence-corrected chi connectivity index (χ4v) is 3.47. The molecule has 1 aromatic rings. The highest BCUT2D eigenvalue weighted by molar-refractivity contribution is 5.94. The van der Waals surface area contributed by atoms with E-state index in [0.717, 1.165) is 25.4 Å². The second kappa shape index (κ2) is 5.93. The zero-order valence-corrected chi connectivity index (χ0v) is 12.6. The number of nitrogens with zero attached hydrogens (tertiary/aromatic N) is 3. The van der Waals surface area contributed by atoms with Crippen molar-refractivity contribution in [2.75, 3.05) is 19.8 Å². The van der Waals surface area contributed by atoms with Crippen molar-refractivity contribution in [3.63, 3.8) is 0 Å². The van der Waals surface area contributed by atoms with E-state index >= 15 is 0 Å². The summed E-state index contributed by atoms with van der Waals surface area (Å²) in [6.07, 6.45) is 7.75. The number of carbonyl (C=O) groups is 1. The minimum absolute atomic E-state index is 0.0197. The lowest BCUT2D eigenvalue weighted by atomic mass is 10.1. The molecule has 2 aliphatic carbocycles. The van der Waals surface area contributed by atoms with E-state index in [2.05, 4.69) is 10.2 Å². The van der Waals surface area contributed by atoms with Crippen molar-refractivity contribution >= 4 is 5.91 Å². The van der Waals surface area contributed by atoms with E-state index in [1.165, 1.54) is 19.0 Å². The number of hydrogen-bond acceptors (Lipinski definition) is 5. The predicted molar refractivity (Wildman–Crippen MR) is 78.3 cm³/mol. The lowest BCUT2D eigenvalue weighted by Gasteiger charge is -2.39. The van der Waals surface area contributed by atoms with Gasteiger partial charge in [0.15, 0.2) is 0 Å². The van der Waals surface area contributed by atoms with Crippen LogP contribution in [0.2, 0.25) is 0 Å². The van der Waals surface area contributed by atoms with Gasteiger partial charge in [-0.25, -0.2) is 0 Å². The molecule has 3 fully saturated rings. The summed E-state index contributed by atoms with van der Waals surface area (Å²) >= 11 is 0. The normalized spacial score (nSPS) is 31.1. The van der Waals surface area contributed by atoms with Gasteiger partial charge in [-0.05, 0) is 37.7 Å². The average molecular weight is 303 g/mol. The van der Waals surface area contributed by atoms with E-state index in [0.29, 0.717) is 18.7 Å². The van der Waals surface area contributed by atoms with Crippen molar-refractivity contribution < 1.29 is 14.3 Å². The van der Waals surface area contributed by atoms with Crippen LogP contribution in [0.3, 0.4) is 0 Å². The third-order valence-electron chi connectivity index (χ3n) is 4.87. The lowest BCUT2D eigenvalue weighted by Crippen LogP contribution is -2.54. The maximum absolute atomic E-state index is 12.7. The molecule has 2 saturated carbocycles. The maximum Gasteiger partial charge on any atom is 0.255 e. The van der Waals surface area contributed by atoms with Gasteiger partial charge in [-0.15, -0.1) is 0 Å². The first kappa shape index (κ1) is 14.1. The molecular weight excluding hydrogens is 282 g/mol. The first-order valence-electron chi connectivity index (χ1n) is 8.14. The largest absolute Gasteiger partial charge is 0.375 e. The summed E-state index contributed by atoms with van der Waals surface area (Å²) in [6, 6.07) is 1.84. The topological polar surface area (TPSA) is 64.6 Å². The Morgan fingerprint density at radius 1 is 1.32 bits per heavy atom. The van der Waals surface area contributed by atoms with Crippen LogP contribution in [-0.4, -0.2) is 59.0 Å². The third kappa shape index (κ3) is 2.73. The Balaban J connectivity index is 1.44. The number of rotatable bonds is 4. The van der Waals surface area contributed by atoms with Gasteiger partial charge >= 0.3 is 0 Å². The van der Waals surface area contributed by atoms with Crippen molar-refractivity contribution in [2.24, 2.45) is 5.92 Å². The molecule has 0 aromatic carbocycles. The highest BCUT2D eigenvalue weighted by atomic mass is 16.5. The smallest absolute Gasteiger partial charge is 0.255 e. The van der Waals surface area contributed by atoms with E-state index in [4.69, 9.17) is 9.47 Å². The molecular formula is C16H21N3O3. The molecule has 0 spiro atoms. The summed E-state index contributed by atoms with van der Waals surface area (Å²) in [7, 11) is 0. The second-order valence-electron chi connectivity index (χ2n) is 6.42. The summed E-state index contributed by atoms with van der Waals surface area (Å²) in [6.45, 7) is 2.06. The standard InChI is InChI=1S/C16H21N3O3/c20-16(12-5-6-17-18-9-12)19-7-8-21-15-13(19)3-4-14(15)22-10-11-1-2-11/h5-6,9,11,13-15H,1-4,7-8,10H2/t13-,14+,15+/m0/s1. The van der Waals surface area contributed by atoms with Crippen LogP contribution in [-0.2, 0) is 9.47 Å². The van der Waals surface area contributed by atoms with Gasteiger partial charge in [-0.1, -0.05) is 0 Å².